The van der Waals surface area contributed by atoms with Crippen LogP contribution in [-0.4, -0.2) is 118 Å². The minimum atomic E-state index is -4.55. The van der Waals surface area contributed by atoms with Crippen molar-refractivity contribution < 1.29 is 32.3 Å². The number of rotatable bonds is 15. The number of nitro groups is 1. The summed E-state index contributed by atoms with van der Waals surface area (Å²) < 4.78 is 46.9. The summed E-state index contributed by atoms with van der Waals surface area (Å²) in [5.41, 5.74) is 4.54. The molecule has 4 aliphatic rings. The molecule has 0 bridgehead atoms. The quantitative estimate of drug-likeness (QED) is 0.0681. The molecular weight excluding hydrogens is 881 g/mol. The number of carbonyl (C=O) groups excluding carboxylic acids is 1. The number of aromatic amines is 1. The first kappa shape index (κ1) is 45.8. The third-order valence-electron chi connectivity index (χ3n) is 13.2. The van der Waals surface area contributed by atoms with Crippen LogP contribution in [0.3, 0.4) is 0 Å². The predicted octanol–water partition coefficient (Wildman–Crippen LogP) is 7.90. The molecule has 0 atom stereocenters. The van der Waals surface area contributed by atoms with Crippen molar-refractivity contribution in [1.29, 1.82) is 0 Å². The van der Waals surface area contributed by atoms with Gasteiger partial charge in [0.05, 0.1) is 34.8 Å². The van der Waals surface area contributed by atoms with Gasteiger partial charge in [-0.1, -0.05) is 19.4 Å². The highest BCUT2D eigenvalue weighted by Crippen LogP contribution is 2.45. The molecule has 350 valence electrons. The summed E-state index contributed by atoms with van der Waals surface area (Å²) in [6.07, 6.45) is 8.27. The number of anilines is 2. The topological polar surface area (TPSA) is 184 Å². The Morgan fingerprint density at radius 3 is 2.52 bits per heavy atom. The van der Waals surface area contributed by atoms with Gasteiger partial charge in [-0.2, -0.15) is 0 Å². The van der Waals surface area contributed by atoms with Gasteiger partial charge >= 0.3 is 0 Å². The molecule has 3 aromatic heterocycles. The lowest BCUT2D eigenvalue weighted by Gasteiger charge is -2.39. The normalized spacial score (nSPS) is 19.0. The summed E-state index contributed by atoms with van der Waals surface area (Å²) >= 11 is 1.94. The number of H-pyrrole nitrogens is 1. The Hall–Kier alpha value is -5.37. The molecule has 0 unspecified atom stereocenters. The van der Waals surface area contributed by atoms with E-state index in [1.54, 1.807) is 30.5 Å². The Morgan fingerprint density at radius 1 is 0.955 bits per heavy atom. The molecule has 1 amide bonds. The number of amides is 1. The van der Waals surface area contributed by atoms with E-state index in [1.165, 1.54) is 39.2 Å². The number of allylic oxidation sites excluding steroid dienone is 1. The second-order valence-electron chi connectivity index (χ2n) is 18.5. The minimum absolute atomic E-state index is 0.0271. The van der Waals surface area contributed by atoms with E-state index < -0.39 is 31.4 Å². The van der Waals surface area contributed by atoms with E-state index in [2.05, 4.69) is 60.7 Å². The van der Waals surface area contributed by atoms with Crippen LogP contribution in [-0.2, 0) is 26.0 Å². The second-order valence-corrected chi connectivity index (χ2v) is 21.4. The van der Waals surface area contributed by atoms with Crippen LogP contribution in [0.1, 0.15) is 66.1 Å². The lowest BCUT2D eigenvalue weighted by molar-refractivity contribution is -0.384. The highest BCUT2D eigenvalue weighted by Gasteiger charge is 2.31. The van der Waals surface area contributed by atoms with Crippen LogP contribution >= 0.6 is 11.3 Å². The van der Waals surface area contributed by atoms with Crippen molar-refractivity contribution >= 4 is 60.9 Å². The number of nitrogens with one attached hydrogen (secondary N) is 3. The molecule has 16 nitrogen and oxygen atoms in total. The number of hydrogen-bond donors (Lipinski definition) is 3. The van der Waals surface area contributed by atoms with E-state index in [0.717, 1.165) is 115 Å². The first-order chi connectivity index (χ1) is 31.9. The van der Waals surface area contributed by atoms with E-state index in [4.69, 9.17) is 14.2 Å². The van der Waals surface area contributed by atoms with Crippen molar-refractivity contribution in [1.82, 2.24) is 24.5 Å². The van der Waals surface area contributed by atoms with Gasteiger partial charge in [-0.25, -0.2) is 18.1 Å². The van der Waals surface area contributed by atoms with Crippen molar-refractivity contribution in [3.63, 3.8) is 0 Å². The van der Waals surface area contributed by atoms with E-state index in [9.17, 15) is 23.3 Å². The molecule has 1 aliphatic carbocycles. The van der Waals surface area contributed by atoms with Crippen molar-refractivity contribution in [3.8, 4) is 11.5 Å². The third kappa shape index (κ3) is 10.9. The summed E-state index contributed by atoms with van der Waals surface area (Å²) in [5.74, 6) is -0.169. The molecule has 66 heavy (non-hydrogen) atoms. The Bertz CT molecular complexity index is 2700. The fourth-order valence-electron chi connectivity index (χ4n) is 9.31. The molecule has 3 fully saturated rings. The zero-order valence-corrected chi connectivity index (χ0v) is 39.2. The van der Waals surface area contributed by atoms with Crippen LogP contribution < -0.4 is 19.7 Å². The Balaban J connectivity index is 0.908. The molecule has 3 saturated heterocycles. The van der Waals surface area contributed by atoms with Gasteiger partial charge in [0.1, 0.15) is 22.8 Å². The zero-order valence-electron chi connectivity index (χ0n) is 37.6. The van der Waals surface area contributed by atoms with E-state index in [1.807, 2.05) is 17.4 Å². The Morgan fingerprint density at radius 2 is 1.73 bits per heavy atom. The number of thiophene rings is 1. The average Bonchev–Trinajstić information content (AvgIpc) is 3.99. The van der Waals surface area contributed by atoms with Crippen molar-refractivity contribution in [2.45, 2.75) is 57.4 Å². The number of fused-ring (bicyclic) bond motifs is 1. The van der Waals surface area contributed by atoms with Gasteiger partial charge in [-0.05, 0) is 97.5 Å². The predicted molar refractivity (Wildman–Crippen MR) is 256 cm³/mol. The van der Waals surface area contributed by atoms with Gasteiger partial charge in [0.25, 0.3) is 21.6 Å². The summed E-state index contributed by atoms with van der Waals surface area (Å²) in [6.45, 7) is 15.1. The highest BCUT2D eigenvalue weighted by molar-refractivity contribution is 7.90. The van der Waals surface area contributed by atoms with Crippen molar-refractivity contribution in [2.24, 2.45) is 11.3 Å². The monoisotopic (exact) mass is 938 g/mol. The Labute approximate surface area is 389 Å². The van der Waals surface area contributed by atoms with Gasteiger partial charge in [0, 0.05) is 111 Å². The second kappa shape index (κ2) is 19.8. The lowest BCUT2D eigenvalue weighted by Crippen LogP contribution is -2.47. The number of nitrogens with zero attached hydrogens (tertiary/aromatic N) is 5. The van der Waals surface area contributed by atoms with Gasteiger partial charge in [0.2, 0.25) is 0 Å². The SMILES string of the molecule is CC1(C)CCC(CN2CCN(c3ccc(C(=O)NS(=O)(=O)c4ccc(NCC5CCOCC5)c([N+](=O)[O-])c4)c(Oc4cnc5[nH]ccc5c4)c3)CC2)=C(c2ccc(CN3CCOCC3)s2)C1. The van der Waals surface area contributed by atoms with Crippen LogP contribution in [0.4, 0.5) is 17.1 Å². The number of ether oxygens (including phenoxy) is 3. The number of hydrogen-bond acceptors (Lipinski definition) is 14. The zero-order chi connectivity index (χ0) is 45.8. The van der Waals surface area contributed by atoms with Gasteiger partial charge < -0.3 is 29.4 Å². The van der Waals surface area contributed by atoms with Crippen LogP contribution in [0.25, 0.3) is 16.6 Å². The van der Waals surface area contributed by atoms with E-state index in [0.29, 0.717) is 31.2 Å². The van der Waals surface area contributed by atoms with E-state index in [-0.39, 0.29) is 28.3 Å². The number of pyridine rings is 1. The molecule has 3 aliphatic heterocycles. The summed E-state index contributed by atoms with van der Waals surface area (Å²) in [7, 11) is -4.55. The number of sulfonamides is 1. The van der Waals surface area contributed by atoms with Crippen LogP contribution in [0.15, 0.2) is 83.5 Å². The molecule has 2 aromatic carbocycles. The molecule has 3 N–H and O–H groups in total. The van der Waals surface area contributed by atoms with Gasteiger partial charge in [-0.3, -0.25) is 24.7 Å². The number of piperazine rings is 1. The minimum Gasteiger partial charge on any atom is -0.455 e. The molecule has 9 rings (SSSR count). The summed E-state index contributed by atoms with van der Waals surface area (Å²) in [6, 6.07) is 17.0. The van der Waals surface area contributed by atoms with Crippen LogP contribution in [0.2, 0.25) is 0 Å². The maximum atomic E-state index is 14.0. The maximum absolute atomic E-state index is 14.0. The number of nitro benzene ring substituents is 1. The van der Waals surface area contributed by atoms with Crippen LogP contribution in [0.5, 0.6) is 11.5 Å². The van der Waals surface area contributed by atoms with Crippen molar-refractivity contribution in [3.05, 3.63) is 104 Å². The number of morpholine rings is 1. The fourth-order valence-corrected chi connectivity index (χ4v) is 11.4. The molecule has 0 saturated carbocycles. The number of benzene rings is 2. The van der Waals surface area contributed by atoms with Gasteiger partial charge in [0.15, 0.2) is 0 Å². The first-order valence-corrected chi connectivity index (χ1v) is 25.2. The maximum Gasteiger partial charge on any atom is 0.293 e. The van der Waals surface area contributed by atoms with Gasteiger partial charge in [-0.15, -0.1) is 11.3 Å². The van der Waals surface area contributed by atoms with Crippen molar-refractivity contribution in [2.75, 3.05) is 89.0 Å². The summed E-state index contributed by atoms with van der Waals surface area (Å²) in [4.78, 5) is 42.6. The molecule has 0 spiro atoms. The smallest absolute Gasteiger partial charge is 0.293 e. The van der Waals surface area contributed by atoms with E-state index >= 15 is 0 Å². The highest BCUT2D eigenvalue weighted by atomic mass is 32.2. The molecule has 6 heterocycles. The standard InChI is InChI=1S/C48H58N8O8S2/c1-48(2)13-9-35(41(28-48)45-8-4-38(65-45)32-54-19-23-63-24-20-54)31-53-15-17-55(18-16-53)36-3-6-40(44(26-36)64-37-25-34-10-14-49-46(34)51-30-37)47(57)52-66(60,61)39-5-7-42(43(27-39)56(58)59)50-29-33-11-21-62-22-12-33/h3-8,10,14,25-27,30,33,50H,9,11-13,15-24,28-29,31-32H2,1-2H3,(H,49,51)(H,52,57). The molecular formula is C48H58N8O8S2. The lowest BCUT2D eigenvalue weighted by atomic mass is 9.74. The average molecular weight is 939 g/mol. The number of carbonyl (C=O) groups is 1. The third-order valence-corrected chi connectivity index (χ3v) is 15.7. The fraction of sp³-hybridized carbons (Fsp3) is 0.458. The summed E-state index contributed by atoms with van der Waals surface area (Å²) in [5, 5.41) is 16.0. The molecule has 0 radical (unpaired) electrons. The largest absolute Gasteiger partial charge is 0.455 e. The Kier molecular flexibility index (Phi) is 13.8. The molecule has 5 aromatic rings. The number of aromatic nitrogens is 2. The first-order valence-electron chi connectivity index (χ1n) is 22.9. The van der Waals surface area contributed by atoms with Crippen LogP contribution in [0, 0.1) is 21.4 Å². The molecule has 18 heteroatoms.